The monoisotopic (exact) mass is 388 g/mol. The molecule has 1 unspecified atom stereocenters. The molecular formula is C20H40N2O3S. The Morgan fingerprint density at radius 2 is 1.54 bits per heavy atom. The second-order valence-corrected chi connectivity index (χ2v) is 9.77. The highest BCUT2D eigenvalue weighted by Gasteiger charge is 2.46. The van der Waals surface area contributed by atoms with E-state index in [4.69, 9.17) is 4.74 Å². The standard InChI is InChI=1S/C20H40N2O3S/c1-15(2)14-20(8,19(6,7)10-9-13-26)16(23)21-11-12-22-17(24)25-18(3,4)5/h15,26H,9-14H2,1-8H3,(H,21,23)(H,22,24). The molecule has 5 nitrogen and oxygen atoms in total. The lowest BCUT2D eigenvalue weighted by Crippen LogP contribution is -2.50. The maximum atomic E-state index is 13.0. The summed E-state index contributed by atoms with van der Waals surface area (Å²) in [6, 6.07) is 0. The summed E-state index contributed by atoms with van der Waals surface area (Å²) in [7, 11) is 0. The molecule has 26 heavy (non-hydrogen) atoms. The summed E-state index contributed by atoms with van der Waals surface area (Å²) in [4.78, 5) is 24.7. The molecule has 0 aromatic heterocycles. The van der Waals surface area contributed by atoms with Crippen molar-refractivity contribution in [1.82, 2.24) is 10.6 Å². The number of alkyl carbamates (subject to hydrolysis) is 1. The van der Waals surface area contributed by atoms with E-state index in [0.717, 1.165) is 25.0 Å². The van der Waals surface area contributed by atoms with Gasteiger partial charge in [-0.15, -0.1) is 0 Å². The number of hydrogen-bond donors (Lipinski definition) is 3. The molecule has 0 bridgehead atoms. The lowest BCUT2D eigenvalue weighted by Gasteiger charge is -2.44. The summed E-state index contributed by atoms with van der Waals surface area (Å²) >= 11 is 4.31. The number of rotatable bonds is 10. The number of ether oxygens (including phenoxy) is 1. The Morgan fingerprint density at radius 1 is 1.00 bits per heavy atom. The molecular weight excluding hydrogens is 348 g/mol. The van der Waals surface area contributed by atoms with Crippen molar-refractivity contribution in [3.8, 4) is 0 Å². The van der Waals surface area contributed by atoms with Gasteiger partial charge in [0.15, 0.2) is 0 Å². The molecule has 0 aromatic rings. The number of carbonyl (C=O) groups excluding carboxylic acids is 2. The molecule has 154 valence electrons. The van der Waals surface area contributed by atoms with Crippen molar-refractivity contribution in [3.63, 3.8) is 0 Å². The Balaban J connectivity index is 4.78. The van der Waals surface area contributed by atoms with Gasteiger partial charge in [0.05, 0.1) is 5.41 Å². The highest BCUT2D eigenvalue weighted by atomic mass is 32.1. The van der Waals surface area contributed by atoms with Crippen LogP contribution in [0.15, 0.2) is 0 Å². The Kier molecular flexibility index (Phi) is 10.1. The largest absolute Gasteiger partial charge is 0.444 e. The van der Waals surface area contributed by atoms with Crippen molar-refractivity contribution >= 4 is 24.6 Å². The summed E-state index contributed by atoms with van der Waals surface area (Å²) < 4.78 is 5.19. The number of carbonyl (C=O) groups is 2. The topological polar surface area (TPSA) is 67.4 Å². The maximum Gasteiger partial charge on any atom is 0.407 e. The lowest BCUT2D eigenvalue weighted by molar-refractivity contribution is -0.138. The third-order valence-corrected chi connectivity index (χ3v) is 5.17. The average Bonchev–Trinajstić information content (AvgIpc) is 2.46. The van der Waals surface area contributed by atoms with Gasteiger partial charge in [-0.05, 0) is 57.1 Å². The van der Waals surface area contributed by atoms with Gasteiger partial charge in [0, 0.05) is 13.1 Å². The molecule has 0 heterocycles. The van der Waals surface area contributed by atoms with Crippen LogP contribution in [0.25, 0.3) is 0 Å². The minimum atomic E-state index is -0.528. The van der Waals surface area contributed by atoms with Crippen LogP contribution in [0.4, 0.5) is 4.79 Å². The number of hydrogen-bond acceptors (Lipinski definition) is 4. The Labute approximate surface area is 165 Å². The van der Waals surface area contributed by atoms with Gasteiger partial charge in [0.1, 0.15) is 5.60 Å². The van der Waals surface area contributed by atoms with E-state index >= 15 is 0 Å². The fraction of sp³-hybridized carbons (Fsp3) is 0.900. The van der Waals surface area contributed by atoms with E-state index in [1.165, 1.54) is 0 Å². The molecule has 0 aliphatic rings. The first-order valence-electron chi connectivity index (χ1n) is 9.61. The van der Waals surface area contributed by atoms with E-state index in [2.05, 4.69) is 57.9 Å². The van der Waals surface area contributed by atoms with Gasteiger partial charge in [-0.3, -0.25) is 4.79 Å². The number of thiol groups is 1. The predicted octanol–water partition coefficient (Wildman–Crippen LogP) is 4.42. The Hall–Kier alpha value is -0.910. The van der Waals surface area contributed by atoms with Crippen molar-refractivity contribution in [1.29, 1.82) is 0 Å². The third-order valence-electron chi connectivity index (χ3n) is 4.85. The SMILES string of the molecule is CC(C)CC(C)(C(=O)NCCNC(=O)OC(C)(C)C)C(C)(C)CCCS. The van der Waals surface area contributed by atoms with Crippen molar-refractivity contribution in [2.45, 2.75) is 80.3 Å². The first-order chi connectivity index (χ1) is 11.7. The summed E-state index contributed by atoms with van der Waals surface area (Å²) in [5, 5.41) is 5.67. The van der Waals surface area contributed by atoms with Crippen LogP contribution < -0.4 is 10.6 Å². The van der Waals surface area contributed by atoms with Gasteiger partial charge in [-0.25, -0.2) is 4.79 Å². The summed E-state index contributed by atoms with van der Waals surface area (Å²) in [6.45, 7) is 16.9. The van der Waals surface area contributed by atoms with Gasteiger partial charge < -0.3 is 15.4 Å². The van der Waals surface area contributed by atoms with E-state index in [9.17, 15) is 9.59 Å². The van der Waals surface area contributed by atoms with Crippen LogP contribution in [0.2, 0.25) is 0 Å². The molecule has 0 radical (unpaired) electrons. The molecule has 0 spiro atoms. The summed E-state index contributed by atoms with van der Waals surface area (Å²) in [5.41, 5.74) is -1.14. The predicted molar refractivity (Wildman–Crippen MR) is 112 cm³/mol. The minimum absolute atomic E-state index is 0.0429. The van der Waals surface area contributed by atoms with Crippen molar-refractivity contribution in [2.75, 3.05) is 18.8 Å². The highest BCUT2D eigenvalue weighted by Crippen LogP contribution is 2.47. The number of nitrogens with one attached hydrogen (secondary N) is 2. The second kappa shape index (κ2) is 10.4. The molecule has 6 heteroatoms. The second-order valence-electron chi connectivity index (χ2n) is 9.33. The zero-order chi connectivity index (χ0) is 20.6. The van der Waals surface area contributed by atoms with Crippen LogP contribution in [0.3, 0.4) is 0 Å². The first kappa shape index (κ1) is 25.1. The van der Waals surface area contributed by atoms with Crippen LogP contribution in [0, 0.1) is 16.7 Å². The molecule has 0 saturated heterocycles. The summed E-state index contributed by atoms with van der Waals surface area (Å²) in [5.74, 6) is 1.28. The average molecular weight is 389 g/mol. The van der Waals surface area contributed by atoms with Gasteiger partial charge in [-0.1, -0.05) is 34.6 Å². The van der Waals surface area contributed by atoms with Gasteiger partial charge in [-0.2, -0.15) is 12.6 Å². The van der Waals surface area contributed by atoms with E-state index < -0.39 is 17.1 Å². The molecule has 0 rings (SSSR count). The van der Waals surface area contributed by atoms with Crippen LogP contribution >= 0.6 is 12.6 Å². The van der Waals surface area contributed by atoms with Crippen LogP contribution in [0.5, 0.6) is 0 Å². The van der Waals surface area contributed by atoms with Crippen LogP contribution in [0.1, 0.15) is 74.7 Å². The van der Waals surface area contributed by atoms with E-state index in [0.29, 0.717) is 19.0 Å². The molecule has 0 saturated carbocycles. The molecule has 0 aliphatic carbocycles. The van der Waals surface area contributed by atoms with E-state index in [1.807, 2.05) is 20.8 Å². The van der Waals surface area contributed by atoms with Gasteiger partial charge >= 0.3 is 6.09 Å². The van der Waals surface area contributed by atoms with Crippen molar-refractivity contribution < 1.29 is 14.3 Å². The molecule has 2 amide bonds. The molecule has 2 N–H and O–H groups in total. The van der Waals surface area contributed by atoms with Crippen molar-refractivity contribution in [3.05, 3.63) is 0 Å². The molecule has 0 fully saturated rings. The molecule has 0 aromatic carbocycles. The van der Waals surface area contributed by atoms with Crippen LogP contribution in [-0.4, -0.2) is 36.4 Å². The first-order valence-corrected chi connectivity index (χ1v) is 10.2. The summed E-state index contributed by atoms with van der Waals surface area (Å²) in [6.07, 6.45) is 2.28. The quantitative estimate of drug-likeness (QED) is 0.383. The highest BCUT2D eigenvalue weighted by molar-refractivity contribution is 7.80. The fourth-order valence-corrected chi connectivity index (χ4v) is 3.30. The Bertz CT molecular complexity index is 458. The number of amides is 2. The molecule has 1 atom stereocenters. The smallest absolute Gasteiger partial charge is 0.407 e. The lowest BCUT2D eigenvalue weighted by atomic mass is 9.60. The Morgan fingerprint density at radius 3 is 2.00 bits per heavy atom. The van der Waals surface area contributed by atoms with Gasteiger partial charge in [0.2, 0.25) is 5.91 Å². The normalized spacial score (nSPS) is 14.7. The van der Waals surface area contributed by atoms with Crippen molar-refractivity contribution in [2.24, 2.45) is 16.7 Å². The zero-order valence-electron chi connectivity index (χ0n) is 18.0. The minimum Gasteiger partial charge on any atom is -0.444 e. The molecule has 0 aliphatic heterocycles. The fourth-order valence-electron chi connectivity index (χ4n) is 3.14. The zero-order valence-corrected chi connectivity index (χ0v) is 18.9. The van der Waals surface area contributed by atoms with Gasteiger partial charge in [0.25, 0.3) is 0 Å². The van der Waals surface area contributed by atoms with Crippen LogP contribution in [-0.2, 0) is 9.53 Å². The van der Waals surface area contributed by atoms with E-state index in [-0.39, 0.29) is 11.3 Å². The third kappa shape index (κ3) is 8.65. The maximum absolute atomic E-state index is 13.0. The van der Waals surface area contributed by atoms with E-state index in [1.54, 1.807) is 0 Å².